The molecule has 3 unspecified atom stereocenters. The van der Waals surface area contributed by atoms with Gasteiger partial charge < -0.3 is 20.1 Å². The van der Waals surface area contributed by atoms with Crippen LogP contribution in [0.15, 0.2) is 78.9 Å². The first-order valence-electron chi connectivity index (χ1n) is 12.5. The van der Waals surface area contributed by atoms with Crippen molar-refractivity contribution in [3.8, 4) is 5.75 Å². The van der Waals surface area contributed by atoms with E-state index in [0.29, 0.717) is 5.92 Å². The molecule has 2 N–H and O–H groups in total. The fourth-order valence-corrected chi connectivity index (χ4v) is 5.68. The zero-order valence-corrected chi connectivity index (χ0v) is 20.7. The van der Waals surface area contributed by atoms with Crippen LogP contribution in [0.2, 0.25) is 0 Å². The Morgan fingerprint density at radius 2 is 1.65 bits per heavy atom. The van der Waals surface area contributed by atoms with Crippen molar-refractivity contribution in [2.24, 2.45) is 5.92 Å². The van der Waals surface area contributed by atoms with Crippen molar-refractivity contribution in [1.82, 2.24) is 5.32 Å². The fourth-order valence-electron chi connectivity index (χ4n) is 5.68. The number of aliphatic hydroxyl groups excluding tert-OH is 1. The molecule has 0 saturated carbocycles. The highest BCUT2D eigenvalue weighted by Crippen LogP contribution is 2.40. The van der Waals surface area contributed by atoms with Crippen LogP contribution in [0.1, 0.15) is 42.4 Å². The van der Waals surface area contributed by atoms with E-state index >= 15 is 0 Å². The van der Waals surface area contributed by atoms with Crippen molar-refractivity contribution < 1.29 is 9.84 Å². The molecule has 4 heteroatoms. The number of ether oxygens (including phenoxy) is 1. The third kappa shape index (κ3) is 5.13. The number of methoxy groups -OCH3 is 1. The van der Waals surface area contributed by atoms with Crippen molar-refractivity contribution in [3.63, 3.8) is 0 Å². The largest absolute Gasteiger partial charge is 0.495 e. The lowest BCUT2D eigenvalue weighted by Crippen LogP contribution is -2.48. The van der Waals surface area contributed by atoms with E-state index < -0.39 is 0 Å². The molecule has 3 atom stereocenters. The summed E-state index contributed by atoms with van der Waals surface area (Å²) in [6.45, 7) is 3.29. The highest BCUT2D eigenvalue weighted by molar-refractivity contribution is 5.61. The predicted molar refractivity (Wildman–Crippen MR) is 141 cm³/mol. The summed E-state index contributed by atoms with van der Waals surface area (Å²) < 4.78 is 5.81. The molecule has 4 rings (SSSR count). The minimum atomic E-state index is 0.186. The summed E-state index contributed by atoms with van der Waals surface area (Å²) in [7, 11) is 3.94. The molecule has 34 heavy (non-hydrogen) atoms. The monoisotopic (exact) mass is 458 g/mol. The molecule has 0 aromatic heterocycles. The quantitative estimate of drug-likeness (QED) is 0.435. The maximum absolute atomic E-state index is 9.90. The Balaban J connectivity index is 1.78. The van der Waals surface area contributed by atoms with Gasteiger partial charge in [-0.25, -0.2) is 0 Å². The SMILES string of the molecule is CCCc1ccc(OC)c(N(C)C2C(CCO)CNC2C(c2ccccc2)c2ccccc2)c1. The molecule has 1 fully saturated rings. The summed E-state index contributed by atoms with van der Waals surface area (Å²) >= 11 is 0. The van der Waals surface area contributed by atoms with Gasteiger partial charge in [-0.3, -0.25) is 0 Å². The van der Waals surface area contributed by atoms with Crippen molar-refractivity contribution >= 4 is 5.69 Å². The molecule has 0 spiro atoms. The second-order valence-corrected chi connectivity index (χ2v) is 9.36. The normalized spacial score (nSPS) is 20.0. The molecule has 1 saturated heterocycles. The molecule has 0 radical (unpaired) electrons. The van der Waals surface area contributed by atoms with E-state index in [1.165, 1.54) is 16.7 Å². The molecular weight excluding hydrogens is 420 g/mol. The number of aliphatic hydroxyl groups is 1. The summed E-state index contributed by atoms with van der Waals surface area (Å²) in [5, 5.41) is 13.8. The van der Waals surface area contributed by atoms with Crippen LogP contribution >= 0.6 is 0 Å². The molecule has 0 amide bonds. The van der Waals surface area contributed by atoms with Gasteiger partial charge in [0, 0.05) is 38.2 Å². The average molecular weight is 459 g/mol. The van der Waals surface area contributed by atoms with E-state index in [1.807, 2.05) is 0 Å². The lowest BCUT2D eigenvalue weighted by molar-refractivity contribution is 0.251. The van der Waals surface area contributed by atoms with Crippen LogP contribution in [0.25, 0.3) is 0 Å². The topological polar surface area (TPSA) is 44.7 Å². The zero-order valence-electron chi connectivity index (χ0n) is 20.7. The highest BCUT2D eigenvalue weighted by atomic mass is 16.5. The molecule has 1 heterocycles. The maximum Gasteiger partial charge on any atom is 0.142 e. The third-order valence-electron chi connectivity index (χ3n) is 7.25. The van der Waals surface area contributed by atoms with Gasteiger partial charge in [0.2, 0.25) is 0 Å². The van der Waals surface area contributed by atoms with Crippen LogP contribution in [-0.2, 0) is 6.42 Å². The summed E-state index contributed by atoms with van der Waals surface area (Å²) in [6, 6.07) is 28.5. The molecule has 0 aliphatic carbocycles. The molecule has 0 bridgehead atoms. The number of hydrogen-bond acceptors (Lipinski definition) is 4. The van der Waals surface area contributed by atoms with E-state index in [2.05, 4.69) is 103 Å². The number of anilines is 1. The minimum Gasteiger partial charge on any atom is -0.495 e. The molecule has 1 aliphatic rings. The van der Waals surface area contributed by atoms with Crippen molar-refractivity contribution in [1.29, 1.82) is 0 Å². The van der Waals surface area contributed by atoms with Gasteiger partial charge in [0.05, 0.1) is 12.8 Å². The van der Waals surface area contributed by atoms with Crippen LogP contribution in [0.3, 0.4) is 0 Å². The summed E-state index contributed by atoms with van der Waals surface area (Å²) in [4.78, 5) is 2.40. The van der Waals surface area contributed by atoms with Gasteiger partial charge >= 0.3 is 0 Å². The van der Waals surface area contributed by atoms with E-state index in [9.17, 15) is 5.11 Å². The maximum atomic E-state index is 9.90. The second kappa shape index (κ2) is 11.5. The van der Waals surface area contributed by atoms with E-state index in [4.69, 9.17) is 4.74 Å². The molecule has 4 nitrogen and oxygen atoms in total. The Bertz CT molecular complexity index is 985. The second-order valence-electron chi connectivity index (χ2n) is 9.36. The van der Waals surface area contributed by atoms with Crippen LogP contribution in [0.5, 0.6) is 5.75 Å². The lowest BCUT2D eigenvalue weighted by Gasteiger charge is -2.39. The van der Waals surface area contributed by atoms with Gasteiger partial charge in [-0.2, -0.15) is 0 Å². The number of aryl methyl sites for hydroxylation is 1. The molecule has 1 aliphatic heterocycles. The Morgan fingerprint density at radius 1 is 1.00 bits per heavy atom. The number of rotatable bonds is 10. The van der Waals surface area contributed by atoms with E-state index in [0.717, 1.165) is 37.2 Å². The summed E-state index contributed by atoms with van der Waals surface area (Å²) in [5.74, 6) is 1.42. The van der Waals surface area contributed by atoms with Crippen LogP contribution in [-0.4, -0.2) is 44.5 Å². The number of benzene rings is 3. The van der Waals surface area contributed by atoms with E-state index in [1.54, 1.807) is 7.11 Å². The number of hydrogen-bond donors (Lipinski definition) is 2. The molecule has 3 aromatic rings. The van der Waals surface area contributed by atoms with Gasteiger partial charge in [0.25, 0.3) is 0 Å². The highest BCUT2D eigenvalue weighted by Gasteiger charge is 2.43. The fraction of sp³-hybridized carbons (Fsp3) is 0.400. The molecule has 180 valence electrons. The standard InChI is InChI=1S/C30H38N2O2/c1-4-11-22-16-17-27(34-3)26(20-22)32(2)30-25(18-19-33)21-31-29(30)28(23-12-7-5-8-13-23)24-14-9-6-10-15-24/h5-10,12-17,20,25,28-31,33H,4,11,18-19,21H2,1-3H3. The van der Waals surface area contributed by atoms with Crippen LogP contribution in [0, 0.1) is 5.92 Å². The Hall–Kier alpha value is -2.82. The van der Waals surface area contributed by atoms with Gasteiger partial charge in [0.15, 0.2) is 0 Å². The number of likely N-dealkylation sites (N-methyl/N-ethyl adjacent to an activating group) is 1. The minimum absolute atomic E-state index is 0.186. The Kier molecular flexibility index (Phi) is 8.25. The Labute approximate surface area is 204 Å². The predicted octanol–water partition coefficient (Wildman–Crippen LogP) is 5.26. The first-order chi connectivity index (χ1) is 16.7. The number of nitrogens with zero attached hydrogens (tertiary/aromatic N) is 1. The number of nitrogens with one attached hydrogen (secondary N) is 1. The first kappa shape index (κ1) is 24.3. The van der Waals surface area contributed by atoms with E-state index in [-0.39, 0.29) is 24.6 Å². The zero-order chi connectivity index (χ0) is 23.9. The van der Waals surface area contributed by atoms with Gasteiger partial charge in [-0.1, -0.05) is 80.1 Å². The Morgan fingerprint density at radius 3 is 2.21 bits per heavy atom. The summed E-state index contributed by atoms with van der Waals surface area (Å²) in [5.41, 5.74) is 5.06. The molecule has 3 aromatic carbocycles. The van der Waals surface area contributed by atoms with Crippen molar-refractivity contribution in [3.05, 3.63) is 95.6 Å². The first-order valence-corrected chi connectivity index (χ1v) is 12.5. The van der Waals surface area contributed by atoms with Crippen molar-refractivity contribution in [2.45, 2.75) is 44.2 Å². The van der Waals surface area contributed by atoms with Gasteiger partial charge in [-0.05, 0) is 47.6 Å². The third-order valence-corrected chi connectivity index (χ3v) is 7.25. The summed E-state index contributed by atoms with van der Waals surface area (Å²) in [6.07, 6.45) is 2.93. The van der Waals surface area contributed by atoms with Crippen LogP contribution in [0.4, 0.5) is 5.69 Å². The van der Waals surface area contributed by atoms with Crippen molar-refractivity contribution in [2.75, 3.05) is 32.2 Å². The lowest BCUT2D eigenvalue weighted by atomic mass is 9.79. The smallest absolute Gasteiger partial charge is 0.142 e. The van der Waals surface area contributed by atoms with Gasteiger partial charge in [0.1, 0.15) is 5.75 Å². The van der Waals surface area contributed by atoms with Gasteiger partial charge in [-0.15, -0.1) is 0 Å². The average Bonchev–Trinajstić information content (AvgIpc) is 3.28. The van der Waals surface area contributed by atoms with Crippen LogP contribution < -0.4 is 15.0 Å². The molecular formula is C30H38N2O2.